The predicted octanol–water partition coefficient (Wildman–Crippen LogP) is 2.93. The Morgan fingerprint density at radius 1 is 1.41 bits per heavy atom. The molecular formula is C13H19ClN2O. The first kappa shape index (κ1) is 13.8. The molecule has 0 aliphatic carbocycles. The zero-order valence-corrected chi connectivity index (χ0v) is 11.3. The van der Waals surface area contributed by atoms with Crippen molar-refractivity contribution in [3.8, 4) is 0 Å². The molecule has 4 heteroatoms. The molecular weight excluding hydrogens is 236 g/mol. The number of hydrogen-bond donors (Lipinski definition) is 1. The molecule has 0 atom stereocenters. The van der Waals surface area contributed by atoms with Gasteiger partial charge in [0, 0.05) is 27.1 Å². The number of anilines is 1. The highest BCUT2D eigenvalue weighted by Crippen LogP contribution is 2.22. The lowest BCUT2D eigenvalue weighted by Crippen LogP contribution is -2.22. The molecule has 0 aliphatic heterocycles. The summed E-state index contributed by atoms with van der Waals surface area (Å²) in [6.45, 7) is 2.76. The first-order valence-electron chi connectivity index (χ1n) is 5.71. The zero-order valence-electron chi connectivity index (χ0n) is 10.6. The molecule has 0 heterocycles. The van der Waals surface area contributed by atoms with E-state index in [1.165, 1.54) is 0 Å². The van der Waals surface area contributed by atoms with E-state index in [4.69, 9.17) is 11.6 Å². The largest absolute Gasteiger partial charge is 0.384 e. The Labute approximate surface area is 108 Å². The smallest absolute Gasteiger partial charge is 0.222 e. The highest BCUT2D eigenvalue weighted by molar-refractivity contribution is 6.33. The van der Waals surface area contributed by atoms with Crippen LogP contribution in [0.5, 0.6) is 0 Å². The maximum absolute atomic E-state index is 11.3. The molecule has 0 aromatic heterocycles. The third kappa shape index (κ3) is 4.65. The van der Waals surface area contributed by atoms with Crippen LogP contribution in [0.4, 0.5) is 5.69 Å². The number of carbonyl (C=O) groups excluding carboxylic acids is 1. The average Bonchev–Trinajstić information content (AvgIpc) is 2.26. The second kappa shape index (κ2) is 6.50. The maximum Gasteiger partial charge on any atom is 0.222 e. The average molecular weight is 255 g/mol. The second-order valence-electron chi connectivity index (χ2n) is 4.30. The Morgan fingerprint density at radius 3 is 2.71 bits per heavy atom. The Morgan fingerprint density at radius 2 is 2.12 bits per heavy atom. The summed E-state index contributed by atoms with van der Waals surface area (Å²) >= 11 is 6.08. The predicted molar refractivity (Wildman–Crippen MR) is 72.6 cm³/mol. The second-order valence-corrected chi connectivity index (χ2v) is 4.71. The van der Waals surface area contributed by atoms with Gasteiger partial charge >= 0.3 is 0 Å². The van der Waals surface area contributed by atoms with Crippen LogP contribution in [0.25, 0.3) is 0 Å². The van der Waals surface area contributed by atoms with E-state index in [9.17, 15) is 4.79 Å². The molecule has 0 saturated carbocycles. The van der Waals surface area contributed by atoms with Gasteiger partial charge in [0.25, 0.3) is 0 Å². The van der Waals surface area contributed by atoms with Gasteiger partial charge in [0.05, 0.1) is 10.7 Å². The van der Waals surface area contributed by atoms with Gasteiger partial charge in [-0.1, -0.05) is 17.7 Å². The molecule has 1 aromatic rings. The van der Waals surface area contributed by atoms with Crippen molar-refractivity contribution in [3.63, 3.8) is 0 Å². The van der Waals surface area contributed by atoms with Crippen molar-refractivity contribution < 1.29 is 4.79 Å². The molecule has 3 nitrogen and oxygen atoms in total. The number of carbonyl (C=O) groups is 1. The molecule has 0 spiro atoms. The molecule has 94 valence electrons. The van der Waals surface area contributed by atoms with Crippen molar-refractivity contribution in [2.45, 2.75) is 19.8 Å². The summed E-state index contributed by atoms with van der Waals surface area (Å²) < 4.78 is 0. The van der Waals surface area contributed by atoms with Gasteiger partial charge in [-0.3, -0.25) is 4.79 Å². The molecule has 1 aromatic carbocycles. The van der Waals surface area contributed by atoms with Gasteiger partial charge in [-0.05, 0) is 31.0 Å². The van der Waals surface area contributed by atoms with Gasteiger partial charge in [0.1, 0.15) is 0 Å². The minimum absolute atomic E-state index is 0.154. The minimum atomic E-state index is 0.154. The molecule has 0 unspecified atom stereocenters. The highest BCUT2D eigenvalue weighted by Gasteiger charge is 2.03. The molecule has 0 saturated heterocycles. The van der Waals surface area contributed by atoms with Gasteiger partial charge in [0.2, 0.25) is 5.91 Å². The lowest BCUT2D eigenvalue weighted by molar-refractivity contribution is -0.128. The van der Waals surface area contributed by atoms with Crippen molar-refractivity contribution in [1.29, 1.82) is 0 Å². The van der Waals surface area contributed by atoms with Crippen molar-refractivity contribution in [2.75, 3.05) is 26.0 Å². The van der Waals surface area contributed by atoms with Crippen LogP contribution >= 0.6 is 11.6 Å². The molecule has 0 radical (unpaired) electrons. The molecule has 1 N–H and O–H groups in total. The van der Waals surface area contributed by atoms with Crippen molar-refractivity contribution in [2.24, 2.45) is 0 Å². The van der Waals surface area contributed by atoms with Crippen molar-refractivity contribution in [1.82, 2.24) is 4.90 Å². The summed E-state index contributed by atoms with van der Waals surface area (Å²) in [5.74, 6) is 0.154. The first-order chi connectivity index (χ1) is 8.00. The molecule has 0 bridgehead atoms. The van der Waals surface area contributed by atoms with Crippen LogP contribution in [-0.4, -0.2) is 31.4 Å². The quantitative estimate of drug-likeness (QED) is 0.820. The van der Waals surface area contributed by atoms with Gasteiger partial charge in [-0.2, -0.15) is 0 Å². The van der Waals surface area contributed by atoms with Crippen LogP contribution in [0.1, 0.15) is 18.4 Å². The summed E-state index contributed by atoms with van der Waals surface area (Å²) in [6.07, 6.45) is 1.37. The molecule has 1 rings (SSSR count). The third-order valence-corrected chi connectivity index (χ3v) is 2.82. The number of nitrogens with zero attached hydrogens (tertiary/aromatic N) is 1. The fraction of sp³-hybridized carbons (Fsp3) is 0.462. The van der Waals surface area contributed by atoms with Crippen LogP contribution in [0, 0.1) is 6.92 Å². The van der Waals surface area contributed by atoms with E-state index in [1.54, 1.807) is 19.0 Å². The van der Waals surface area contributed by atoms with E-state index in [-0.39, 0.29) is 5.91 Å². The number of benzene rings is 1. The zero-order chi connectivity index (χ0) is 12.8. The summed E-state index contributed by atoms with van der Waals surface area (Å²) in [6, 6.07) is 5.90. The number of amides is 1. The topological polar surface area (TPSA) is 32.3 Å². The van der Waals surface area contributed by atoms with E-state index < -0.39 is 0 Å². The first-order valence-corrected chi connectivity index (χ1v) is 6.08. The van der Waals surface area contributed by atoms with E-state index in [0.717, 1.165) is 29.2 Å². The number of aryl methyl sites for hydroxylation is 1. The van der Waals surface area contributed by atoms with E-state index in [0.29, 0.717) is 6.42 Å². The fourth-order valence-electron chi connectivity index (χ4n) is 1.45. The van der Waals surface area contributed by atoms with Crippen molar-refractivity contribution in [3.05, 3.63) is 28.8 Å². The van der Waals surface area contributed by atoms with Crippen LogP contribution < -0.4 is 5.32 Å². The van der Waals surface area contributed by atoms with Gasteiger partial charge in [-0.15, -0.1) is 0 Å². The van der Waals surface area contributed by atoms with Crippen LogP contribution in [0.2, 0.25) is 5.02 Å². The van der Waals surface area contributed by atoms with E-state index in [1.807, 2.05) is 25.1 Å². The Hall–Kier alpha value is -1.22. The summed E-state index contributed by atoms with van der Waals surface area (Å²) in [5.41, 5.74) is 2.07. The summed E-state index contributed by atoms with van der Waals surface area (Å²) in [4.78, 5) is 12.9. The number of rotatable bonds is 5. The SMILES string of the molecule is Cc1ccc(NCCCC(=O)N(C)C)c(Cl)c1. The van der Waals surface area contributed by atoms with E-state index in [2.05, 4.69) is 5.32 Å². The number of nitrogens with one attached hydrogen (secondary N) is 1. The van der Waals surface area contributed by atoms with Gasteiger partial charge < -0.3 is 10.2 Å². The van der Waals surface area contributed by atoms with Crippen LogP contribution in [-0.2, 0) is 4.79 Å². The number of hydrogen-bond acceptors (Lipinski definition) is 2. The Bertz CT molecular complexity index is 391. The molecule has 0 fully saturated rings. The fourth-order valence-corrected chi connectivity index (χ4v) is 1.75. The third-order valence-electron chi connectivity index (χ3n) is 2.51. The minimum Gasteiger partial charge on any atom is -0.384 e. The Kier molecular flexibility index (Phi) is 5.29. The lowest BCUT2D eigenvalue weighted by atomic mass is 10.2. The van der Waals surface area contributed by atoms with Crippen molar-refractivity contribution >= 4 is 23.2 Å². The van der Waals surface area contributed by atoms with Crippen LogP contribution in [0.3, 0.4) is 0 Å². The molecule has 1 amide bonds. The summed E-state index contributed by atoms with van der Waals surface area (Å²) in [5, 5.41) is 3.96. The standard InChI is InChI=1S/C13H19ClN2O/c1-10-6-7-12(11(14)9-10)15-8-4-5-13(17)16(2)3/h6-7,9,15H,4-5,8H2,1-3H3. The van der Waals surface area contributed by atoms with Gasteiger partial charge in [-0.25, -0.2) is 0 Å². The molecule has 17 heavy (non-hydrogen) atoms. The maximum atomic E-state index is 11.3. The Balaban J connectivity index is 2.34. The highest BCUT2D eigenvalue weighted by atomic mass is 35.5. The normalized spacial score (nSPS) is 10.1. The van der Waals surface area contributed by atoms with Gasteiger partial charge in [0.15, 0.2) is 0 Å². The number of halogens is 1. The summed E-state index contributed by atoms with van der Waals surface area (Å²) in [7, 11) is 3.54. The van der Waals surface area contributed by atoms with E-state index >= 15 is 0 Å². The molecule has 0 aliphatic rings. The monoisotopic (exact) mass is 254 g/mol. The lowest BCUT2D eigenvalue weighted by Gasteiger charge is -2.11. The van der Waals surface area contributed by atoms with Crippen LogP contribution in [0.15, 0.2) is 18.2 Å².